The van der Waals surface area contributed by atoms with Gasteiger partial charge in [-0.25, -0.2) is 14.1 Å². The van der Waals surface area contributed by atoms with E-state index in [4.69, 9.17) is 24.3 Å². The second kappa shape index (κ2) is 11.7. The lowest BCUT2D eigenvalue weighted by Crippen LogP contribution is -2.52. The fourth-order valence-electron chi connectivity index (χ4n) is 4.40. The molecule has 2 aromatic heterocycles. The number of para-hydroxylation sites is 1. The molecule has 0 bridgehead atoms. The number of esters is 1. The molecule has 0 amide bonds. The maximum Gasteiger partial charge on any atom is 0.459 e. The molecule has 3 aromatic rings. The standard InChI is InChI=1S/C26H33N6O8P/c1-5-16(2)38-24(34)17(3)31-41(36,40-18-9-7-6-8-10-18)37-13-20-22(33)25(4,35)26(14-27,39-20)21-12-11-19-23(28)29-15-30-32(19)21/h6-12,15-17,20,22,33,35H,5,13H2,1-4H3,(H,31,36)(H2,28,29,30)/t16-,17+,20-,22-,25-,26+,41?/m1/s1. The zero-order valence-corrected chi connectivity index (χ0v) is 23.9. The summed E-state index contributed by atoms with van der Waals surface area (Å²) in [7, 11) is -4.33. The number of ether oxygens (including phenoxy) is 2. The van der Waals surface area contributed by atoms with Crippen LogP contribution in [0.15, 0.2) is 48.8 Å². The van der Waals surface area contributed by atoms with Crippen molar-refractivity contribution in [1.29, 1.82) is 5.26 Å². The fourth-order valence-corrected chi connectivity index (χ4v) is 5.90. The number of benzene rings is 1. The summed E-state index contributed by atoms with van der Waals surface area (Å²) in [6, 6.07) is 12.0. The number of aliphatic hydroxyl groups is 2. The number of rotatable bonds is 11. The average Bonchev–Trinajstić information content (AvgIpc) is 3.46. The zero-order valence-electron chi connectivity index (χ0n) is 23.0. The smallest absolute Gasteiger partial charge is 0.459 e. The SMILES string of the molecule is CC[C@@H](C)OC(=O)[C@H](C)NP(=O)(OC[C@H]1O[C@@](C#N)(c2ccc3c(N)ncnn23)[C@](C)(O)[C@@H]1O)Oc1ccccc1. The van der Waals surface area contributed by atoms with Gasteiger partial charge in [-0.15, -0.1) is 0 Å². The molecular formula is C26H33N6O8P. The third kappa shape index (κ3) is 5.78. The van der Waals surface area contributed by atoms with E-state index < -0.39 is 49.8 Å². The van der Waals surface area contributed by atoms with E-state index in [1.165, 1.54) is 42.9 Å². The van der Waals surface area contributed by atoms with E-state index in [0.29, 0.717) is 11.9 Å². The van der Waals surface area contributed by atoms with Gasteiger partial charge in [-0.1, -0.05) is 25.1 Å². The van der Waals surface area contributed by atoms with Crippen molar-refractivity contribution in [2.24, 2.45) is 0 Å². The molecule has 1 aliphatic rings. The molecule has 4 rings (SSSR count). The number of nitrogens with two attached hydrogens (primary N) is 1. The van der Waals surface area contributed by atoms with Gasteiger partial charge in [0.05, 0.1) is 18.4 Å². The van der Waals surface area contributed by atoms with Crippen molar-refractivity contribution in [1.82, 2.24) is 19.7 Å². The highest BCUT2D eigenvalue weighted by Crippen LogP contribution is 2.50. The molecular weight excluding hydrogens is 555 g/mol. The zero-order chi connectivity index (χ0) is 30.0. The number of carbonyl (C=O) groups is 1. The number of hydrogen-bond donors (Lipinski definition) is 4. The van der Waals surface area contributed by atoms with Crippen molar-refractivity contribution >= 4 is 25.1 Å². The average molecular weight is 589 g/mol. The summed E-state index contributed by atoms with van der Waals surface area (Å²) in [5.41, 5.74) is 2.03. The highest BCUT2D eigenvalue weighted by atomic mass is 31.2. The monoisotopic (exact) mass is 588 g/mol. The minimum absolute atomic E-state index is 0.0823. The highest BCUT2D eigenvalue weighted by Gasteiger charge is 2.65. The first-order chi connectivity index (χ1) is 19.4. The van der Waals surface area contributed by atoms with Crippen LogP contribution in [0.5, 0.6) is 5.75 Å². The van der Waals surface area contributed by atoms with Crippen molar-refractivity contribution in [2.45, 2.75) is 69.7 Å². The first-order valence-electron chi connectivity index (χ1n) is 12.9. The Hall–Kier alpha value is -3.57. The van der Waals surface area contributed by atoms with Crippen LogP contribution in [-0.2, 0) is 29.0 Å². The van der Waals surface area contributed by atoms with Crippen LogP contribution in [-0.4, -0.2) is 67.3 Å². The quantitative estimate of drug-likeness (QED) is 0.187. The number of nitriles is 1. The van der Waals surface area contributed by atoms with Gasteiger partial charge >= 0.3 is 13.7 Å². The lowest BCUT2D eigenvalue weighted by Gasteiger charge is -2.33. The molecule has 14 nitrogen and oxygen atoms in total. The Bertz CT molecular complexity index is 1480. The Labute approximate surface area is 236 Å². The van der Waals surface area contributed by atoms with Crippen LogP contribution in [0.1, 0.15) is 39.8 Å². The molecule has 1 saturated heterocycles. The second-order valence-corrected chi connectivity index (χ2v) is 11.6. The number of anilines is 1. The van der Waals surface area contributed by atoms with E-state index in [9.17, 15) is 24.8 Å². The summed E-state index contributed by atoms with van der Waals surface area (Å²) in [6.07, 6.45) is -1.67. The number of hydrogen-bond acceptors (Lipinski definition) is 12. The Balaban J connectivity index is 1.60. The number of nitrogens with one attached hydrogen (secondary N) is 1. The van der Waals surface area contributed by atoms with Crippen molar-refractivity contribution in [3.05, 3.63) is 54.5 Å². The van der Waals surface area contributed by atoms with Gasteiger partial charge in [0.2, 0.25) is 5.60 Å². The Kier molecular flexibility index (Phi) is 8.70. The molecule has 220 valence electrons. The van der Waals surface area contributed by atoms with Crippen molar-refractivity contribution < 1.29 is 38.1 Å². The third-order valence-corrected chi connectivity index (χ3v) is 8.59. The van der Waals surface area contributed by atoms with Crippen molar-refractivity contribution in [3.63, 3.8) is 0 Å². The molecule has 0 aliphatic carbocycles. The fraction of sp³-hybridized carbons (Fsp3) is 0.462. The highest BCUT2D eigenvalue weighted by molar-refractivity contribution is 7.52. The van der Waals surface area contributed by atoms with Gasteiger partial charge in [0.15, 0.2) is 5.82 Å². The van der Waals surface area contributed by atoms with E-state index in [1.807, 2.05) is 13.0 Å². The van der Waals surface area contributed by atoms with Crippen LogP contribution in [0, 0.1) is 11.3 Å². The van der Waals surface area contributed by atoms with Gasteiger partial charge < -0.3 is 29.9 Å². The van der Waals surface area contributed by atoms with E-state index in [1.54, 1.807) is 31.2 Å². The van der Waals surface area contributed by atoms with Crippen molar-refractivity contribution in [2.75, 3.05) is 12.3 Å². The summed E-state index contributed by atoms with van der Waals surface area (Å²) in [5, 5.41) is 39.5. The topological polar surface area (TPSA) is 204 Å². The van der Waals surface area contributed by atoms with Gasteiger partial charge in [0.1, 0.15) is 47.5 Å². The molecule has 1 unspecified atom stereocenters. The Morgan fingerprint density at radius 1 is 1.32 bits per heavy atom. The molecule has 1 fully saturated rings. The normalized spacial score (nSPS) is 27.0. The summed E-state index contributed by atoms with van der Waals surface area (Å²) >= 11 is 0. The lowest BCUT2D eigenvalue weighted by molar-refractivity contribution is -0.150. The summed E-state index contributed by atoms with van der Waals surface area (Å²) in [6.45, 7) is 5.64. The van der Waals surface area contributed by atoms with Gasteiger partial charge in [-0.05, 0) is 51.5 Å². The largest absolute Gasteiger partial charge is 0.462 e. The summed E-state index contributed by atoms with van der Waals surface area (Å²) < 4.78 is 37.8. The van der Waals surface area contributed by atoms with Crippen molar-refractivity contribution in [3.8, 4) is 11.8 Å². The van der Waals surface area contributed by atoms with Crippen LogP contribution in [0.4, 0.5) is 5.82 Å². The molecule has 3 heterocycles. The van der Waals surface area contributed by atoms with Gasteiger partial charge in [-0.2, -0.15) is 15.4 Å². The maximum absolute atomic E-state index is 13.9. The number of nitrogens with zero attached hydrogens (tertiary/aromatic N) is 4. The van der Waals surface area contributed by atoms with E-state index in [0.717, 1.165) is 0 Å². The van der Waals surface area contributed by atoms with Gasteiger partial charge in [0.25, 0.3) is 0 Å². The Morgan fingerprint density at radius 2 is 2.02 bits per heavy atom. The molecule has 0 radical (unpaired) electrons. The first-order valence-corrected chi connectivity index (χ1v) is 14.5. The summed E-state index contributed by atoms with van der Waals surface area (Å²) in [5.74, 6) is -0.373. The van der Waals surface area contributed by atoms with Crippen LogP contribution < -0.4 is 15.3 Å². The first kappa shape index (κ1) is 30.4. The van der Waals surface area contributed by atoms with E-state index >= 15 is 0 Å². The number of carbonyl (C=O) groups excluding carboxylic acids is 1. The molecule has 0 saturated carbocycles. The predicted molar refractivity (Wildman–Crippen MR) is 145 cm³/mol. The number of aromatic nitrogens is 3. The number of aliphatic hydroxyl groups excluding tert-OH is 1. The molecule has 1 aliphatic heterocycles. The van der Waals surface area contributed by atoms with Crippen LogP contribution in [0.2, 0.25) is 0 Å². The minimum atomic E-state index is -4.33. The molecule has 41 heavy (non-hydrogen) atoms. The van der Waals surface area contributed by atoms with Crippen LogP contribution in [0.25, 0.3) is 5.52 Å². The molecule has 5 N–H and O–H groups in total. The maximum atomic E-state index is 13.9. The number of fused-ring (bicyclic) bond motifs is 1. The van der Waals surface area contributed by atoms with E-state index in [2.05, 4.69) is 15.2 Å². The number of nitrogen functional groups attached to an aromatic ring is 1. The third-order valence-electron chi connectivity index (χ3n) is 6.94. The Morgan fingerprint density at radius 3 is 2.68 bits per heavy atom. The predicted octanol–water partition coefficient (Wildman–Crippen LogP) is 2.06. The molecule has 0 spiro atoms. The van der Waals surface area contributed by atoms with Gasteiger partial charge in [-0.3, -0.25) is 9.32 Å². The molecule has 7 atom stereocenters. The molecule has 15 heteroatoms. The lowest BCUT2D eigenvalue weighted by atomic mass is 9.80. The van der Waals surface area contributed by atoms with Crippen LogP contribution in [0.3, 0.4) is 0 Å². The van der Waals surface area contributed by atoms with E-state index in [-0.39, 0.29) is 23.4 Å². The van der Waals surface area contributed by atoms with Crippen LogP contribution >= 0.6 is 7.75 Å². The van der Waals surface area contributed by atoms with Gasteiger partial charge in [0, 0.05) is 0 Å². The summed E-state index contributed by atoms with van der Waals surface area (Å²) in [4.78, 5) is 16.5. The molecule has 1 aromatic carbocycles. The second-order valence-electron chi connectivity index (χ2n) is 9.91. The minimum Gasteiger partial charge on any atom is -0.462 e.